The minimum Gasteiger partial charge on any atom is -0.369 e. The molecule has 0 saturated carbocycles. The molecule has 2 aromatic carbocycles. The molecule has 0 radical (unpaired) electrons. The molecule has 3 aliphatic heterocycles. The van der Waals surface area contributed by atoms with Gasteiger partial charge in [0.15, 0.2) is 0 Å². The zero-order valence-corrected chi connectivity index (χ0v) is 16.2. The molecule has 3 heterocycles. The number of anilines is 2. The van der Waals surface area contributed by atoms with E-state index in [1.165, 1.54) is 5.69 Å². The molecule has 1 saturated heterocycles. The first-order valence-electron chi connectivity index (χ1n) is 9.95. The molecule has 6 nitrogen and oxygen atoms in total. The highest BCUT2D eigenvalue weighted by molar-refractivity contribution is 6.19. The number of amidine groups is 1. The highest BCUT2D eigenvalue weighted by Gasteiger charge is 2.41. The quantitative estimate of drug-likeness (QED) is 0.828. The zero-order valence-electron chi connectivity index (χ0n) is 16.2. The number of rotatable bonds is 3. The molecule has 2 amide bonds. The number of urea groups is 1. The Labute approximate surface area is 165 Å². The summed E-state index contributed by atoms with van der Waals surface area (Å²) in [6.07, 6.45) is 0. The van der Waals surface area contributed by atoms with Crippen molar-refractivity contribution in [3.05, 3.63) is 60.2 Å². The van der Waals surface area contributed by atoms with E-state index in [0.717, 1.165) is 49.8 Å². The number of piperazine rings is 1. The van der Waals surface area contributed by atoms with Gasteiger partial charge in [0, 0.05) is 51.0 Å². The number of hydrogen-bond donors (Lipinski definition) is 0. The van der Waals surface area contributed by atoms with Crippen LogP contribution in [-0.4, -0.2) is 74.0 Å². The van der Waals surface area contributed by atoms with Crippen molar-refractivity contribution in [2.24, 2.45) is 4.99 Å². The second-order valence-corrected chi connectivity index (χ2v) is 7.67. The van der Waals surface area contributed by atoms with Crippen LogP contribution in [-0.2, 0) is 0 Å². The largest absolute Gasteiger partial charge is 0.369 e. The summed E-state index contributed by atoms with van der Waals surface area (Å²) in [4.78, 5) is 26.3. The van der Waals surface area contributed by atoms with Crippen LogP contribution in [0.5, 0.6) is 0 Å². The summed E-state index contributed by atoms with van der Waals surface area (Å²) >= 11 is 0. The molecule has 28 heavy (non-hydrogen) atoms. The van der Waals surface area contributed by atoms with Crippen LogP contribution in [0.25, 0.3) is 0 Å². The van der Waals surface area contributed by atoms with Crippen molar-refractivity contribution in [3.8, 4) is 0 Å². The van der Waals surface area contributed by atoms with Crippen molar-refractivity contribution < 1.29 is 4.79 Å². The van der Waals surface area contributed by atoms with Crippen molar-refractivity contribution in [2.75, 3.05) is 56.1 Å². The van der Waals surface area contributed by atoms with Gasteiger partial charge in [-0.25, -0.2) is 4.79 Å². The Morgan fingerprint density at radius 2 is 1.68 bits per heavy atom. The molecule has 0 bridgehead atoms. The van der Waals surface area contributed by atoms with Crippen LogP contribution in [0, 0.1) is 0 Å². The van der Waals surface area contributed by atoms with Crippen LogP contribution in [0.4, 0.5) is 16.2 Å². The Bertz CT molecular complexity index is 904. The first kappa shape index (κ1) is 17.3. The molecule has 5 rings (SSSR count). The lowest BCUT2D eigenvalue weighted by Gasteiger charge is -2.40. The van der Waals surface area contributed by atoms with Crippen LogP contribution < -0.4 is 9.80 Å². The van der Waals surface area contributed by atoms with Crippen LogP contribution in [0.15, 0.2) is 59.6 Å². The normalized spacial score (nSPS) is 22.2. The monoisotopic (exact) mass is 375 g/mol. The molecule has 0 aromatic heterocycles. The molecule has 1 unspecified atom stereocenters. The number of carbonyl (C=O) groups is 1. The fraction of sp³-hybridized carbons (Fsp3) is 0.364. The van der Waals surface area contributed by atoms with Gasteiger partial charge in [-0.2, -0.15) is 0 Å². The molecule has 6 heteroatoms. The maximum atomic E-state index is 13.0. The number of aliphatic imine (C=N–C) groups is 1. The predicted octanol–water partition coefficient (Wildman–Crippen LogP) is 2.51. The maximum absolute atomic E-state index is 13.0. The third-order valence-electron chi connectivity index (χ3n) is 6.01. The number of fused-ring (bicyclic) bond motifs is 3. The van der Waals surface area contributed by atoms with Gasteiger partial charge < -0.3 is 4.90 Å². The first-order valence-corrected chi connectivity index (χ1v) is 9.95. The molecule has 0 spiro atoms. The Balaban J connectivity index is 1.27. The Kier molecular flexibility index (Phi) is 4.28. The highest BCUT2D eigenvalue weighted by Crippen LogP contribution is 2.32. The lowest BCUT2D eigenvalue weighted by atomic mass is 10.1. The average molecular weight is 375 g/mol. The van der Waals surface area contributed by atoms with Crippen molar-refractivity contribution in [2.45, 2.75) is 6.04 Å². The number of nitrogens with zero attached hydrogens (tertiary/aromatic N) is 5. The highest BCUT2D eigenvalue weighted by atomic mass is 16.2. The van der Waals surface area contributed by atoms with E-state index in [1.807, 2.05) is 30.1 Å². The lowest BCUT2D eigenvalue weighted by molar-refractivity contribution is 0.188. The van der Waals surface area contributed by atoms with Crippen LogP contribution in [0.2, 0.25) is 0 Å². The van der Waals surface area contributed by atoms with Gasteiger partial charge in [-0.05, 0) is 24.3 Å². The minimum atomic E-state index is 0.0304. The summed E-state index contributed by atoms with van der Waals surface area (Å²) in [6.45, 7) is 5.60. The van der Waals surface area contributed by atoms with Gasteiger partial charge in [-0.1, -0.05) is 30.3 Å². The molecule has 1 fully saturated rings. The van der Waals surface area contributed by atoms with Gasteiger partial charge >= 0.3 is 6.03 Å². The van der Waals surface area contributed by atoms with Gasteiger partial charge in [-0.15, -0.1) is 0 Å². The standard InChI is InChI=1S/C22H25N5O/c1-24-20-10-6-5-9-19(20)21-23-15-18(27(21)22(24)28)16-25-11-13-26(14-12-25)17-7-3-2-4-8-17/h2-10,18H,11-16H2,1H3. The SMILES string of the molecule is CN1C(=O)N2C(=NCC2CN2CCN(c3ccccc3)CC2)c2ccccc21. The predicted molar refractivity (Wildman–Crippen MR) is 112 cm³/mol. The van der Waals surface area contributed by atoms with E-state index in [1.54, 1.807) is 4.90 Å². The van der Waals surface area contributed by atoms with Crippen molar-refractivity contribution in [3.63, 3.8) is 0 Å². The molecule has 144 valence electrons. The van der Waals surface area contributed by atoms with Gasteiger partial charge in [0.2, 0.25) is 0 Å². The summed E-state index contributed by atoms with van der Waals surface area (Å²) < 4.78 is 0. The van der Waals surface area contributed by atoms with Gasteiger partial charge in [-0.3, -0.25) is 19.7 Å². The second kappa shape index (κ2) is 6.95. The number of amides is 2. The van der Waals surface area contributed by atoms with Gasteiger partial charge in [0.25, 0.3) is 0 Å². The van der Waals surface area contributed by atoms with Crippen LogP contribution in [0.1, 0.15) is 5.56 Å². The van der Waals surface area contributed by atoms with E-state index in [9.17, 15) is 4.79 Å². The second-order valence-electron chi connectivity index (χ2n) is 7.67. The molecular weight excluding hydrogens is 350 g/mol. The van der Waals surface area contributed by atoms with Crippen LogP contribution in [0.3, 0.4) is 0 Å². The van der Waals surface area contributed by atoms with E-state index in [-0.39, 0.29) is 12.1 Å². The topological polar surface area (TPSA) is 42.4 Å². The minimum absolute atomic E-state index is 0.0304. The molecule has 2 aromatic rings. The van der Waals surface area contributed by atoms with E-state index < -0.39 is 0 Å². The Morgan fingerprint density at radius 1 is 0.964 bits per heavy atom. The van der Waals surface area contributed by atoms with Crippen LogP contribution >= 0.6 is 0 Å². The fourth-order valence-corrected chi connectivity index (χ4v) is 4.47. The average Bonchev–Trinajstić information content (AvgIpc) is 3.17. The fourth-order valence-electron chi connectivity index (χ4n) is 4.47. The molecule has 0 aliphatic carbocycles. The van der Waals surface area contributed by atoms with Crippen molar-refractivity contribution in [1.82, 2.24) is 9.80 Å². The molecule has 3 aliphatic rings. The number of carbonyl (C=O) groups excluding carboxylic acids is 1. The van der Waals surface area contributed by atoms with E-state index in [2.05, 4.69) is 46.2 Å². The summed E-state index contributed by atoms with van der Waals surface area (Å²) in [5.74, 6) is 0.839. The molecule has 1 atom stereocenters. The molecule has 0 N–H and O–H groups in total. The first-order chi connectivity index (χ1) is 13.7. The number of para-hydroxylation sites is 2. The summed E-state index contributed by atoms with van der Waals surface area (Å²) in [6, 6.07) is 18.8. The van der Waals surface area contributed by atoms with E-state index in [0.29, 0.717) is 6.54 Å². The Morgan fingerprint density at radius 3 is 2.46 bits per heavy atom. The third kappa shape index (κ3) is 2.85. The smallest absolute Gasteiger partial charge is 0.330 e. The number of hydrogen-bond acceptors (Lipinski definition) is 4. The van der Waals surface area contributed by atoms with Crippen molar-refractivity contribution in [1.29, 1.82) is 0 Å². The van der Waals surface area contributed by atoms with Gasteiger partial charge in [0.05, 0.1) is 18.3 Å². The summed E-state index contributed by atoms with van der Waals surface area (Å²) in [5, 5.41) is 0. The maximum Gasteiger partial charge on any atom is 0.330 e. The summed E-state index contributed by atoms with van der Waals surface area (Å²) in [5.41, 5.74) is 3.29. The van der Waals surface area contributed by atoms with E-state index in [4.69, 9.17) is 4.99 Å². The summed E-state index contributed by atoms with van der Waals surface area (Å²) in [7, 11) is 1.85. The third-order valence-corrected chi connectivity index (χ3v) is 6.01. The van der Waals surface area contributed by atoms with Crippen molar-refractivity contribution >= 4 is 23.2 Å². The number of benzene rings is 2. The Hall–Kier alpha value is -2.86. The lowest BCUT2D eigenvalue weighted by Crippen LogP contribution is -2.56. The van der Waals surface area contributed by atoms with Gasteiger partial charge in [0.1, 0.15) is 5.84 Å². The van der Waals surface area contributed by atoms with E-state index >= 15 is 0 Å². The molecular formula is C22H25N5O. The zero-order chi connectivity index (χ0) is 19.1.